The summed E-state index contributed by atoms with van der Waals surface area (Å²) in [4.78, 5) is 12.9. The topological polar surface area (TPSA) is 58.4 Å². The smallest absolute Gasteiger partial charge is 0.283 e. The van der Waals surface area contributed by atoms with Crippen LogP contribution in [-0.4, -0.2) is 35.5 Å². The summed E-state index contributed by atoms with van der Waals surface area (Å²) in [5.41, 5.74) is 1.05. The molecule has 1 fully saturated rings. The van der Waals surface area contributed by atoms with E-state index in [1.54, 1.807) is 18.2 Å². The lowest BCUT2D eigenvalue weighted by Gasteiger charge is -2.19. The standard InChI is InChI=1S/C14H20BrN3O2/c1-2-17-8-3-4-11(7-9-17)16-12-5-6-14(18(19)20)13(15)10-12/h5-6,10-11,16H,2-4,7-9H2,1H3. The Labute approximate surface area is 127 Å². The van der Waals surface area contributed by atoms with E-state index in [0.717, 1.165) is 31.6 Å². The molecular formula is C14H20BrN3O2. The molecule has 1 N–H and O–H groups in total. The molecule has 1 aliphatic rings. The molecule has 1 atom stereocenters. The zero-order valence-corrected chi connectivity index (χ0v) is 13.2. The van der Waals surface area contributed by atoms with E-state index in [-0.39, 0.29) is 10.6 Å². The highest BCUT2D eigenvalue weighted by Crippen LogP contribution is 2.28. The number of hydrogen-bond acceptors (Lipinski definition) is 4. The zero-order chi connectivity index (χ0) is 14.5. The van der Waals surface area contributed by atoms with Crippen molar-refractivity contribution in [1.29, 1.82) is 0 Å². The summed E-state index contributed by atoms with van der Waals surface area (Å²) in [5, 5.41) is 14.3. The van der Waals surface area contributed by atoms with E-state index in [9.17, 15) is 10.1 Å². The van der Waals surface area contributed by atoms with Crippen molar-refractivity contribution >= 4 is 27.3 Å². The Morgan fingerprint density at radius 1 is 1.45 bits per heavy atom. The number of benzene rings is 1. The second-order valence-electron chi connectivity index (χ2n) is 5.13. The summed E-state index contributed by atoms with van der Waals surface area (Å²) in [5.74, 6) is 0. The van der Waals surface area contributed by atoms with Gasteiger partial charge in [-0.05, 0) is 60.4 Å². The number of anilines is 1. The van der Waals surface area contributed by atoms with Crippen LogP contribution in [0.1, 0.15) is 26.2 Å². The van der Waals surface area contributed by atoms with Crippen LogP contribution in [0.2, 0.25) is 0 Å². The third-order valence-electron chi connectivity index (χ3n) is 3.78. The van der Waals surface area contributed by atoms with Crippen molar-refractivity contribution in [1.82, 2.24) is 4.90 Å². The van der Waals surface area contributed by atoms with Gasteiger partial charge in [-0.3, -0.25) is 10.1 Å². The minimum atomic E-state index is -0.376. The first-order chi connectivity index (χ1) is 9.60. The van der Waals surface area contributed by atoms with Gasteiger partial charge in [-0.15, -0.1) is 0 Å². The molecule has 5 nitrogen and oxygen atoms in total. The fraction of sp³-hybridized carbons (Fsp3) is 0.571. The SMILES string of the molecule is CCN1CCCC(Nc2ccc([N+](=O)[O-])c(Br)c2)CC1. The minimum Gasteiger partial charge on any atom is -0.382 e. The van der Waals surface area contributed by atoms with E-state index in [4.69, 9.17) is 0 Å². The molecule has 0 aromatic heterocycles. The van der Waals surface area contributed by atoms with Crippen LogP contribution in [0.3, 0.4) is 0 Å². The maximum Gasteiger partial charge on any atom is 0.283 e. The maximum atomic E-state index is 10.8. The maximum absolute atomic E-state index is 10.8. The van der Waals surface area contributed by atoms with Crippen molar-refractivity contribution in [2.45, 2.75) is 32.2 Å². The van der Waals surface area contributed by atoms with Gasteiger partial charge in [-0.25, -0.2) is 0 Å². The van der Waals surface area contributed by atoms with Gasteiger partial charge < -0.3 is 10.2 Å². The largest absolute Gasteiger partial charge is 0.382 e. The molecule has 110 valence electrons. The summed E-state index contributed by atoms with van der Waals surface area (Å²) in [6, 6.07) is 5.56. The van der Waals surface area contributed by atoms with E-state index in [0.29, 0.717) is 10.5 Å². The third-order valence-corrected chi connectivity index (χ3v) is 4.42. The van der Waals surface area contributed by atoms with Crippen LogP contribution in [0.5, 0.6) is 0 Å². The number of nitro benzene ring substituents is 1. The van der Waals surface area contributed by atoms with Crippen LogP contribution in [0.4, 0.5) is 11.4 Å². The van der Waals surface area contributed by atoms with E-state index in [1.165, 1.54) is 13.0 Å². The lowest BCUT2D eigenvalue weighted by atomic mass is 10.1. The van der Waals surface area contributed by atoms with Gasteiger partial charge in [-0.2, -0.15) is 0 Å². The van der Waals surface area contributed by atoms with Crippen molar-refractivity contribution in [2.75, 3.05) is 25.0 Å². The lowest BCUT2D eigenvalue weighted by Crippen LogP contribution is -2.26. The molecule has 2 rings (SSSR count). The van der Waals surface area contributed by atoms with Crippen molar-refractivity contribution in [2.24, 2.45) is 0 Å². The first kappa shape index (κ1) is 15.3. The van der Waals surface area contributed by atoms with Crippen LogP contribution in [0, 0.1) is 10.1 Å². The van der Waals surface area contributed by atoms with Crippen LogP contribution in [0.25, 0.3) is 0 Å². The Bertz CT molecular complexity index is 481. The quantitative estimate of drug-likeness (QED) is 0.670. The summed E-state index contributed by atoms with van der Waals surface area (Å²) in [7, 11) is 0. The van der Waals surface area contributed by atoms with Gasteiger partial charge in [0, 0.05) is 24.3 Å². The molecule has 1 saturated heterocycles. The first-order valence-corrected chi connectivity index (χ1v) is 7.82. The molecule has 0 saturated carbocycles. The number of likely N-dealkylation sites (tertiary alicyclic amines) is 1. The normalized spacial score (nSPS) is 20.4. The van der Waals surface area contributed by atoms with Crippen molar-refractivity contribution < 1.29 is 4.92 Å². The van der Waals surface area contributed by atoms with Gasteiger partial charge >= 0.3 is 0 Å². The van der Waals surface area contributed by atoms with Gasteiger partial charge in [0.2, 0.25) is 0 Å². The molecule has 1 unspecified atom stereocenters. The first-order valence-electron chi connectivity index (χ1n) is 7.03. The highest BCUT2D eigenvalue weighted by atomic mass is 79.9. The van der Waals surface area contributed by atoms with E-state index >= 15 is 0 Å². The Morgan fingerprint density at radius 2 is 2.25 bits per heavy atom. The predicted molar refractivity (Wildman–Crippen MR) is 84.2 cm³/mol. The monoisotopic (exact) mass is 341 g/mol. The second kappa shape index (κ2) is 7.04. The van der Waals surface area contributed by atoms with Crippen LogP contribution in [0.15, 0.2) is 22.7 Å². The number of halogens is 1. The van der Waals surface area contributed by atoms with E-state index in [1.807, 2.05) is 0 Å². The number of nitro groups is 1. The molecule has 0 aliphatic carbocycles. The van der Waals surface area contributed by atoms with Gasteiger partial charge in [0.05, 0.1) is 9.40 Å². The van der Waals surface area contributed by atoms with E-state index in [2.05, 4.69) is 33.1 Å². The summed E-state index contributed by atoms with van der Waals surface area (Å²) < 4.78 is 0.524. The van der Waals surface area contributed by atoms with Gasteiger partial charge in [0.25, 0.3) is 5.69 Å². The molecule has 20 heavy (non-hydrogen) atoms. The molecule has 0 bridgehead atoms. The molecule has 0 spiro atoms. The van der Waals surface area contributed by atoms with Crippen LogP contribution >= 0.6 is 15.9 Å². The second-order valence-corrected chi connectivity index (χ2v) is 5.98. The van der Waals surface area contributed by atoms with Gasteiger partial charge in [0.1, 0.15) is 0 Å². The number of nitrogens with one attached hydrogen (secondary N) is 1. The number of hydrogen-bond donors (Lipinski definition) is 1. The highest BCUT2D eigenvalue weighted by molar-refractivity contribution is 9.10. The molecule has 0 amide bonds. The van der Waals surface area contributed by atoms with E-state index < -0.39 is 0 Å². The van der Waals surface area contributed by atoms with Crippen molar-refractivity contribution in [3.8, 4) is 0 Å². The van der Waals surface area contributed by atoms with Crippen molar-refractivity contribution in [3.05, 3.63) is 32.8 Å². The Morgan fingerprint density at radius 3 is 2.90 bits per heavy atom. The zero-order valence-electron chi connectivity index (χ0n) is 11.6. The van der Waals surface area contributed by atoms with Crippen LogP contribution in [-0.2, 0) is 0 Å². The lowest BCUT2D eigenvalue weighted by molar-refractivity contribution is -0.385. The van der Waals surface area contributed by atoms with Gasteiger partial charge in [0.15, 0.2) is 0 Å². The molecule has 1 aromatic carbocycles. The third kappa shape index (κ3) is 3.93. The molecule has 1 heterocycles. The average Bonchev–Trinajstić information content (AvgIpc) is 2.63. The number of nitrogens with zero attached hydrogens (tertiary/aromatic N) is 2. The molecule has 0 radical (unpaired) electrons. The molecule has 1 aromatic rings. The highest BCUT2D eigenvalue weighted by Gasteiger charge is 2.17. The fourth-order valence-corrected chi connectivity index (χ4v) is 3.12. The predicted octanol–water partition coefficient (Wildman–Crippen LogP) is 3.64. The van der Waals surface area contributed by atoms with Crippen molar-refractivity contribution in [3.63, 3.8) is 0 Å². The summed E-state index contributed by atoms with van der Waals surface area (Å²) in [6.07, 6.45) is 3.45. The molecule has 6 heteroatoms. The Balaban J connectivity index is 1.99. The average molecular weight is 342 g/mol. The minimum absolute atomic E-state index is 0.105. The molecule has 1 aliphatic heterocycles. The van der Waals surface area contributed by atoms with Crippen LogP contribution < -0.4 is 5.32 Å². The van der Waals surface area contributed by atoms with Gasteiger partial charge in [-0.1, -0.05) is 6.92 Å². The number of rotatable bonds is 4. The Kier molecular flexibility index (Phi) is 5.37. The molecular weight excluding hydrogens is 322 g/mol. The summed E-state index contributed by atoms with van der Waals surface area (Å²) in [6.45, 7) is 5.58. The summed E-state index contributed by atoms with van der Waals surface area (Å²) >= 11 is 3.26. The fourth-order valence-electron chi connectivity index (χ4n) is 2.60. The Hall–Kier alpha value is -1.14.